The van der Waals surface area contributed by atoms with Crippen molar-refractivity contribution in [1.29, 1.82) is 0 Å². The third kappa shape index (κ3) is 8.04. The average molecular weight is 1220 g/mol. The third-order valence-corrected chi connectivity index (χ3v) is 22.7. The summed E-state index contributed by atoms with van der Waals surface area (Å²) in [6, 6.07) is 30.8. The van der Waals surface area contributed by atoms with Crippen molar-refractivity contribution >= 4 is 84.8 Å². The molecule has 21 heteroatoms. The van der Waals surface area contributed by atoms with Crippen LogP contribution in [0.2, 0.25) is 9.94 Å². The molecule has 2 amide bonds. The van der Waals surface area contributed by atoms with Gasteiger partial charge in [-0.25, -0.2) is 0 Å². The van der Waals surface area contributed by atoms with E-state index in [1.807, 2.05) is 66.7 Å². The fourth-order valence-electron chi connectivity index (χ4n) is 12.8. The van der Waals surface area contributed by atoms with Crippen molar-refractivity contribution in [2.75, 3.05) is 33.6 Å². The number of hydrogen-bond donors (Lipinski definition) is 2. The molecule has 376 valence electrons. The molecule has 0 spiro atoms. The molecule has 4 heterocycles. The fourth-order valence-corrected chi connectivity index (χ4v) is 20.3. The zero-order valence-electron chi connectivity index (χ0n) is 40.7. The molecule has 10 rings (SSSR count). The van der Waals surface area contributed by atoms with E-state index in [1.54, 1.807) is 34.4 Å². The van der Waals surface area contributed by atoms with Gasteiger partial charge in [0, 0.05) is 0 Å². The van der Waals surface area contributed by atoms with Crippen LogP contribution in [0.3, 0.4) is 0 Å². The van der Waals surface area contributed by atoms with E-state index in [0.29, 0.717) is 41.2 Å². The predicted molar refractivity (Wildman–Crippen MR) is 267 cm³/mol. The summed E-state index contributed by atoms with van der Waals surface area (Å²) in [5.41, 5.74) is 0.984. The van der Waals surface area contributed by atoms with Gasteiger partial charge in [-0.2, -0.15) is 0 Å². The summed E-state index contributed by atoms with van der Waals surface area (Å²) < 4.78 is 78.8. The predicted octanol–water partition coefficient (Wildman–Crippen LogP) is 9.13. The van der Waals surface area contributed by atoms with Crippen molar-refractivity contribution in [2.24, 2.45) is 32.3 Å². The molecular formula is C50H60N10O8STe2. The van der Waals surface area contributed by atoms with Crippen LogP contribution in [0.15, 0.2) is 118 Å². The van der Waals surface area contributed by atoms with Gasteiger partial charge in [-0.3, -0.25) is 0 Å². The summed E-state index contributed by atoms with van der Waals surface area (Å²) in [6.45, 7) is 4.64. The molecule has 2 N–H and O–H groups in total. The van der Waals surface area contributed by atoms with Crippen molar-refractivity contribution in [3.8, 4) is 0 Å². The standard InChI is InChI=1S/C50H60N10O8STe2/c1-33-16-14-26-47(33,35-18-8-7-9-19-35)53-51-37-21-12-20-36(32-37)48(27-15-17-34(48)2)55-69(63,64)56-50-29-31-58(46(62)68-4)44(50)60(71(6)66)42-39(50)23-13-24-40(42)52-54-49-28-30-57(45(61)67-3)43(49)59(70(5)65)41-25-11-10-22-38(41)49/h7-13,18-25,32-34,43-44,55-56H,14-17,26-31H2,1-6H3/t33-,34-,43+,44-,47-,48-,49+,50-/m1/s1. The van der Waals surface area contributed by atoms with Gasteiger partial charge in [0.1, 0.15) is 5.54 Å². The number of ether oxygens (including phenoxy) is 2. The Balaban J connectivity index is 1.04. The molecule has 2 saturated heterocycles. The van der Waals surface area contributed by atoms with Crippen molar-refractivity contribution in [1.82, 2.24) is 19.2 Å². The Labute approximate surface area is 429 Å². The molecule has 4 aromatic carbocycles. The van der Waals surface area contributed by atoms with Gasteiger partial charge in [0.25, 0.3) is 0 Å². The molecule has 0 radical (unpaired) electrons. The second-order valence-corrected chi connectivity index (χ2v) is 28.2. The number of anilines is 2. The van der Waals surface area contributed by atoms with Crippen LogP contribution in [0.4, 0.5) is 32.3 Å². The van der Waals surface area contributed by atoms with Gasteiger partial charge >= 0.3 is 359 Å². The van der Waals surface area contributed by atoms with E-state index >= 15 is 8.42 Å². The zero-order valence-corrected chi connectivity index (χ0v) is 46.2. The zero-order chi connectivity index (χ0) is 50.1. The summed E-state index contributed by atoms with van der Waals surface area (Å²) in [6.07, 6.45) is 2.36. The molecule has 4 fully saturated rings. The third-order valence-electron chi connectivity index (χ3n) is 16.1. The Kier molecular flexibility index (Phi) is 13.3. The van der Waals surface area contributed by atoms with E-state index in [9.17, 15) is 15.8 Å². The number of carbonyl (C=O) groups excluding carboxylic acids is 2. The first-order valence-electron chi connectivity index (χ1n) is 24.1. The molecule has 0 bridgehead atoms. The van der Waals surface area contributed by atoms with E-state index in [4.69, 9.17) is 29.9 Å². The molecule has 2 aliphatic carbocycles. The van der Waals surface area contributed by atoms with Gasteiger partial charge in [-0.05, 0) is 24.3 Å². The molecule has 0 unspecified atom stereocenters. The average Bonchev–Trinajstić information content (AvgIpc) is 4.21. The van der Waals surface area contributed by atoms with Crippen LogP contribution in [-0.2, 0) is 48.0 Å². The van der Waals surface area contributed by atoms with Crippen molar-refractivity contribution in [3.05, 3.63) is 119 Å². The van der Waals surface area contributed by atoms with E-state index in [1.165, 1.54) is 24.0 Å². The first-order chi connectivity index (χ1) is 34.1. The number of nitrogens with one attached hydrogen (secondary N) is 2. The monoisotopic (exact) mass is 1220 g/mol. The number of nitrogens with zero attached hydrogens (tertiary/aromatic N) is 8. The first kappa shape index (κ1) is 49.8. The van der Waals surface area contributed by atoms with Crippen LogP contribution in [0.5, 0.6) is 0 Å². The SMILES string of the molecule is COC(=O)N1CC[C@@]2(NS(=O)(=O)N[C@]3(c4cccc(N=N[C@]5(c6ccccc6)CCC[C@H]5C)c4)CCC[C@H]3C)c3cccc(N=N[C@]45CCN(C(=O)OC)[C@H]4N([Te](C)=O)c4ccccc45)c3N([Te](C)=O)[C@@H]12. The Morgan fingerprint density at radius 3 is 1.93 bits per heavy atom. The summed E-state index contributed by atoms with van der Waals surface area (Å²) in [5.74, 6) is 0.173. The Hall–Kier alpha value is -4.73. The topological polar surface area (TPSA) is 207 Å². The van der Waals surface area contributed by atoms with Gasteiger partial charge in [0.15, 0.2) is 0 Å². The van der Waals surface area contributed by atoms with Crippen molar-refractivity contribution in [3.63, 3.8) is 0 Å². The van der Waals surface area contributed by atoms with Crippen molar-refractivity contribution in [2.45, 2.75) is 110 Å². The summed E-state index contributed by atoms with van der Waals surface area (Å²) in [7, 11) is -1.91. The molecule has 4 aliphatic heterocycles. The van der Waals surface area contributed by atoms with Crippen LogP contribution in [-0.4, -0.2) is 110 Å². The van der Waals surface area contributed by atoms with Gasteiger partial charge < -0.3 is 0 Å². The van der Waals surface area contributed by atoms with E-state index in [-0.39, 0.29) is 31.3 Å². The number of azo groups is 2. The van der Waals surface area contributed by atoms with Gasteiger partial charge in [0.2, 0.25) is 0 Å². The summed E-state index contributed by atoms with van der Waals surface area (Å²) in [5, 5.41) is 20.0. The molecule has 4 aromatic rings. The molecular weight excluding hydrogens is 1160 g/mol. The number of fused-ring (bicyclic) bond motifs is 6. The molecule has 71 heavy (non-hydrogen) atoms. The van der Waals surface area contributed by atoms with Crippen LogP contribution in [0.1, 0.15) is 87.5 Å². The summed E-state index contributed by atoms with van der Waals surface area (Å²) >= 11 is -6.88. The van der Waals surface area contributed by atoms with Gasteiger partial charge in [-0.15, -0.1) is 0 Å². The first-order valence-corrected chi connectivity index (χ1v) is 34.2. The van der Waals surface area contributed by atoms with Crippen LogP contribution in [0.25, 0.3) is 0 Å². The minimum atomic E-state index is -4.48. The number of methoxy groups -OCH3 is 2. The molecule has 8 atom stereocenters. The number of amides is 2. The minimum absolute atomic E-state index is 0.101. The Bertz CT molecular complexity index is 2990. The number of rotatable bonds is 12. The second kappa shape index (κ2) is 19.0. The number of likely N-dealkylation sites (tertiary alicyclic amines) is 2. The quantitative estimate of drug-likeness (QED) is 0.102. The summed E-state index contributed by atoms with van der Waals surface area (Å²) in [4.78, 5) is 33.3. The number of benzene rings is 4. The number of carbonyl (C=O) groups is 2. The van der Waals surface area contributed by atoms with E-state index < -0.39 is 96.5 Å². The van der Waals surface area contributed by atoms with E-state index in [0.717, 1.165) is 48.8 Å². The van der Waals surface area contributed by atoms with Crippen LogP contribution >= 0.6 is 0 Å². The van der Waals surface area contributed by atoms with Gasteiger partial charge in [-0.1, -0.05) is 43.7 Å². The second-order valence-electron chi connectivity index (χ2n) is 19.7. The molecule has 18 nitrogen and oxygen atoms in total. The number of hydrogen-bond acceptors (Lipinski definition) is 12. The Morgan fingerprint density at radius 1 is 0.648 bits per heavy atom. The van der Waals surface area contributed by atoms with Crippen LogP contribution in [0, 0.1) is 11.8 Å². The van der Waals surface area contributed by atoms with Crippen LogP contribution < -0.4 is 15.7 Å². The number of para-hydroxylation sites is 2. The molecule has 6 aliphatic rings. The van der Waals surface area contributed by atoms with E-state index in [2.05, 4.69) is 35.4 Å². The molecule has 0 aromatic heterocycles. The Morgan fingerprint density at radius 2 is 1.25 bits per heavy atom. The van der Waals surface area contributed by atoms with Gasteiger partial charge in [0.05, 0.1) is 0 Å². The fraction of sp³-hybridized carbons (Fsp3) is 0.480. The van der Waals surface area contributed by atoms with Crippen molar-refractivity contribution < 1.29 is 33.7 Å². The maximum atomic E-state index is 15.3. The molecule has 2 saturated carbocycles. The normalized spacial score (nSPS) is 30.0. The maximum absolute atomic E-state index is 15.3.